The van der Waals surface area contributed by atoms with Crippen LogP contribution in [0.4, 0.5) is 14.6 Å². The molecule has 0 radical (unpaired) electrons. The Bertz CT molecular complexity index is 1040. The minimum atomic E-state index is -3.35. The minimum Gasteiger partial charge on any atom is -0.305 e. The summed E-state index contributed by atoms with van der Waals surface area (Å²) in [6.07, 6.45) is 4.03. The van der Waals surface area contributed by atoms with Crippen LogP contribution >= 0.6 is 0 Å². The molecule has 30 heavy (non-hydrogen) atoms. The molecule has 0 bridgehead atoms. The number of anilines is 1. The lowest BCUT2D eigenvalue weighted by Gasteiger charge is -2.12. The Labute approximate surface area is 173 Å². The molecule has 3 atom stereocenters. The van der Waals surface area contributed by atoms with Gasteiger partial charge in [0.05, 0.1) is 16.3 Å². The predicted octanol–water partition coefficient (Wildman–Crippen LogP) is 3.52. The lowest BCUT2D eigenvalue weighted by atomic mass is 9.98. The normalized spacial score (nSPS) is 24.6. The summed E-state index contributed by atoms with van der Waals surface area (Å²) in [5.41, 5.74) is 0.672. The highest BCUT2D eigenvalue weighted by Gasteiger charge is 2.37. The highest BCUT2D eigenvalue weighted by molar-refractivity contribution is 7.92. The highest BCUT2D eigenvalue weighted by Crippen LogP contribution is 2.36. The molecule has 0 aliphatic heterocycles. The quantitative estimate of drug-likeness (QED) is 0.704. The van der Waals surface area contributed by atoms with E-state index < -0.39 is 34.0 Å². The number of carbonyl (C=O) groups is 1. The average molecular weight is 433 g/mol. The highest BCUT2D eigenvalue weighted by atomic mass is 32.2. The number of aromatic nitrogens is 2. The first-order valence-electron chi connectivity index (χ1n) is 9.76. The van der Waals surface area contributed by atoms with Gasteiger partial charge in [0.15, 0.2) is 15.7 Å². The zero-order valence-electron chi connectivity index (χ0n) is 16.0. The molecular weight excluding hydrogens is 412 g/mol. The van der Waals surface area contributed by atoms with Crippen LogP contribution in [0.25, 0.3) is 5.57 Å². The molecule has 2 aromatic rings. The van der Waals surface area contributed by atoms with E-state index in [1.165, 1.54) is 30.7 Å². The number of hydrogen-bond donors (Lipinski definition) is 1. The summed E-state index contributed by atoms with van der Waals surface area (Å²) in [5.74, 6) is -0.710. The van der Waals surface area contributed by atoms with Gasteiger partial charge in [0, 0.05) is 18.0 Å². The zero-order valence-corrected chi connectivity index (χ0v) is 16.9. The van der Waals surface area contributed by atoms with Gasteiger partial charge in [-0.15, -0.1) is 0 Å². The SMILES string of the molecule is O=C(Nc1cnccn1)/C(=C/C1C[C@@H](F)[C@@H](F)C1)c1ccc(S(=O)(=O)C2CC2)cc1. The molecule has 2 aliphatic rings. The van der Waals surface area contributed by atoms with Crippen molar-refractivity contribution >= 4 is 27.1 Å². The van der Waals surface area contributed by atoms with E-state index >= 15 is 0 Å². The predicted molar refractivity (Wildman–Crippen MR) is 108 cm³/mol. The Morgan fingerprint density at radius 1 is 1.07 bits per heavy atom. The maximum absolute atomic E-state index is 13.6. The van der Waals surface area contributed by atoms with E-state index in [-0.39, 0.29) is 34.4 Å². The van der Waals surface area contributed by atoms with Gasteiger partial charge in [-0.2, -0.15) is 0 Å². The smallest absolute Gasteiger partial charge is 0.257 e. The molecular formula is C21H21F2N3O3S. The van der Waals surface area contributed by atoms with E-state index in [1.807, 2.05) is 0 Å². The number of nitrogens with zero attached hydrogens (tertiary/aromatic N) is 2. The second-order valence-corrected chi connectivity index (χ2v) is 9.89. The van der Waals surface area contributed by atoms with Crippen molar-refractivity contribution in [3.8, 4) is 0 Å². The molecule has 0 saturated heterocycles. The fourth-order valence-electron chi connectivity index (χ4n) is 3.59. The second-order valence-electron chi connectivity index (χ2n) is 7.66. The molecule has 9 heteroatoms. The van der Waals surface area contributed by atoms with E-state index in [0.29, 0.717) is 18.4 Å². The molecule has 6 nitrogen and oxygen atoms in total. The van der Waals surface area contributed by atoms with Crippen LogP contribution < -0.4 is 5.32 Å². The molecule has 1 unspecified atom stereocenters. The molecule has 1 aromatic carbocycles. The van der Waals surface area contributed by atoms with Gasteiger partial charge in [-0.25, -0.2) is 22.2 Å². The van der Waals surface area contributed by atoms with Crippen molar-refractivity contribution in [3.05, 3.63) is 54.5 Å². The van der Waals surface area contributed by atoms with Crippen LogP contribution in [0.2, 0.25) is 0 Å². The van der Waals surface area contributed by atoms with Crippen LogP contribution in [0.15, 0.2) is 53.8 Å². The van der Waals surface area contributed by atoms with Crippen molar-refractivity contribution in [2.45, 2.75) is 48.2 Å². The van der Waals surface area contributed by atoms with Crippen LogP contribution in [0.1, 0.15) is 31.2 Å². The van der Waals surface area contributed by atoms with Gasteiger partial charge in [0.25, 0.3) is 5.91 Å². The standard InChI is InChI=1S/C21H21F2N3O3S/c22-18-10-13(11-19(18)23)9-17(21(27)26-20-12-24-7-8-25-20)14-1-3-15(4-2-14)30(28,29)16-5-6-16/h1-4,7-9,12-13,16,18-19H,5-6,10-11H2,(H,25,26,27)/b17-9+/t13?,18-,19+. The summed E-state index contributed by atoms with van der Waals surface area (Å²) in [5, 5.41) is 2.29. The third kappa shape index (κ3) is 4.40. The maximum atomic E-state index is 13.6. The second kappa shape index (κ2) is 8.22. The number of benzene rings is 1. The Balaban J connectivity index is 1.63. The van der Waals surface area contributed by atoms with Crippen molar-refractivity contribution in [1.29, 1.82) is 0 Å². The lowest BCUT2D eigenvalue weighted by Crippen LogP contribution is -2.16. The maximum Gasteiger partial charge on any atom is 0.257 e. The van der Waals surface area contributed by atoms with Crippen LogP contribution in [-0.2, 0) is 14.6 Å². The van der Waals surface area contributed by atoms with Gasteiger partial charge in [-0.05, 0) is 49.3 Å². The summed E-state index contributed by atoms with van der Waals surface area (Å²) in [4.78, 5) is 21.0. The lowest BCUT2D eigenvalue weighted by molar-refractivity contribution is -0.111. The Morgan fingerprint density at radius 2 is 1.73 bits per heavy atom. The number of sulfone groups is 1. The number of amides is 1. The molecule has 4 rings (SSSR count). The minimum absolute atomic E-state index is 0.00275. The molecule has 1 aromatic heterocycles. The molecule has 0 spiro atoms. The molecule has 2 saturated carbocycles. The van der Waals surface area contributed by atoms with Gasteiger partial charge >= 0.3 is 0 Å². The monoisotopic (exact) mass is 433 g/mol. The number of halogens is 2. The number of hydrogen-bond acceptors (Lipinski definition) is 5. The fraction of sp³-hybridized carbons (Fsp3) is 0.381. The summed E-state index contributed by atoms with van der Waals surface area (Å²) in [6, 6.07) is 6.03. The van der Waals surface area contributed by atoms with E-state index in [0.717, 1.165) is 0 Å². The van der Waals surface area contributed by atoms with Crippen LogP contribution in [0.5, 0.6) is 0 Å². The summed E-state index contributed by atoms with van der Waals surface area (Å²) in [6.45, 7) is 0. The van der Waals surface area contributed by atoms with Gasteiger partial charge in [0.1, 0.15) is 12.3 Å². The molecule has 1 heterocycles. The average Bonchev–Trinajstić information content (AvgIpc) is 3.54. The van der Waals surface area contributed by atoms with Crippen LogP contribution in [0.3, 0.4) is 0 Å². The number of rotatable bonds is 6. The molecule has 2 aliphatic carbocycles. The largest absolute Gasteiger partial charge is 0.305 e. The molecule has 1 amide bonds. The summed E-state index contributed by atoms with van der Waals surface area (Å²) in [7, 11) is -3.35. The third-order valence-corrected chi connectivity index (χ3v) is 7.64. The summed E-state index contributed by atoms with van der Waals surface area (Å²) >= 11 is 0. The fourth-order valence-corrected chi connectivity index (χ4v) is 5.24. The van der Waals surface area contributed by atoms with E-state index in [4.69, 9.17) is 0 Å². The van der Waals surface area contributed by atoms with E-state index in [1.54, 1.807) is 18.2 Å². The van der Waals surface area contributed by atoms with E-state index in [9.17, 15) is 22.0 Å². The first kappa shape index (κ1) is 20.6. The van der Waals surface area contributed by atoms with Crippen molar-refractivity contribution in [1.82, 2.24) is 9.97 Å². The molecule has 158 valence electrons. The van der Waals surface area contributed by atoms with Crippen molar-refractivity contribution in [3.63, 3.8) is 0 Å². The number of alkyl halides is 2. The molecule has 1 N–H and O–H groups in total. The van der Waals surface area contributed by atoms with Crippen LogP contribution in [0, 0.1) is 5.92 Å². The first-order valence-corrected chi connectivity index (χ1v) is 11.3. The van der Waals surface area contributed by atoms with Crippen molar-refractivity contribution in [2.75, 3.05) is 5.32 Å². The van der Waals surface area contributed by atoms with Crippen molar-refractivity contribution in [2.24, 2.45) is 5.92 Å². The van der Waals surface area contributed by atoms with Crippen molar-refractivity contribution < 1.29 is 22.0 Å². The Hall–Kier alpha value is -2.68. The van der Waals surface area contributed by atoms with Gasteiger partial charge in [-0.1, -0.05) is 18.2 Å². The number of nitrogens with one attached hydrogen (secondary N) is 1. The van der Waals surface area contributed by atoms with Gasteiger partial charge in [0.2, 0.25) is 0 Å². The summed E-state index contributed by atoms with van der Waals surface area (Å²) < 4.78 is 52.1. The van der Waals surface area contributed by atoms with Gasteiger partial charge in [-0.3, -0.25) is 9.78 Å². The topological polar surface area (TPSA) is 89.0 Å². The zero-order chi connectivity index (χ0) is 21.3. The number of carbonyl (C=O) groups excluding carboxylic acids is 1. The molecule has 2 fully saturated rings. The van der Waals surface area contributed by atoms with E-state index in [2.05, 4.69) is 15.3 Å². The van der Waals surface area contributed by atoms with Crippen LogP contribution in [-0.4, -0.2) is 41.9 Å². The third-order valence-electron chi connectivity index (χ3n) is 5.36. The first-order chi connectivity index (χ1) is 14.3. The van der Waals surface area contributed by atoms with Gasteiger partial charge < -0.3 is 5.32 Å². The Kier molecular flexibility index (Phi) is 5.64. The number of allylic oxidation sites excluding steroid dienone is 1. The Morgan fingerprint density at radius 3 is 2.30 bits per heavy atom.